The molecule has 0 amide bonds. The molecule has 28 heavy (non-hydrogen) atoms. The maximum Gasteiger partial charge on any atom is -0.00709 e. The SMILES string of the molecule is c1ccc(P/C(=C(/Pc2ccccc2)c2ccccc2)c2ccccc2)cc1. The highest BCUT2D eigenvalue weighted by atomic mass is 31.1. The molecule has 0 aliphatic rings. The highest BCUT2D eigenvalue weighted by molar-refractivity contribution is 7.65. The van der Waals surface area contributed by atoms with Gasteiger partial charge in [0.25, 0.3) is 0 Å². The molecular weight excluding hydrogens is 374 g/mol. The summed E-state index contributed by atoms with van der Waals surface area (Å²) in [7, 11) is 1.23. The van der Waals surface area contributed by atoms with Gasteiger partial charge in [-0.15, -0.1) is 0 Å². The van der Waals surface area contributed by atoms with E-state index < -0.39 is 0 Å². The van der Waals surface area contributed by atoms with Gasteiger partial charge in [0.2, 0.25) is 0 Å². The van der Waals surface area contributed by atoms with E-state index in [1.807, 2.05) is 0 Å². The monoisotopic (exact) mass is 396 g/mol. The van der Waals surface area contributed by atoms with E-state index in [0.717, 1.165) is 0 Å². The quantitative estimate of drug-likeness (QED) is 0.257. The molecule has 0 aliphatic heterocycles. The highest BCUT2D eigenvalue weighted by Gasteiger charge is 2.13. The third-order valence-corrected chi connectivity index (χ3v) is 7.53. The second-order valence-corrected chi connectivity index (χ2v) is 9.12. The van der Waals surface area contributed by atoms with Crippen molar-refractivity contribution in [2.24, 2.45) is 0 Å². The Balaban J connectivity index is 1.88. The van der Waals surface area contributed by atoms with Crippen LogP contribution < -0.4 is 10.6 Å². The molecule has 0 N–H and O–H groups in total. The predicted octanol–water partition coefficient (Wildman–Crippen LogP) is 6.52. The van der Waals surface area contributed by atoms with Crippen molar-refractivity contribution in [1.29, 1.82) is 0 Å². The second kappa shape index (κ2) is 9.61. The Morgan fingerprint density at radius 1 is 0.357 bits per heavy atom. The van der Waals surface area contributed by atoms with E-state index in [9.17, 15) is 0 Å². The van der Waals surface area contributed by atoms with Crippen molar-refractivity contribution in [3.8, 4) is 0 Å². The summed E-state index contributed by atoms with van der Waals surface area (Å²) < 4.78 is 0. The zero-order valence-electron chi connectivity index (χ0n) is 15.5. The van der Waals surface area contributed by atoms with Gasteiger partial charge in [0.15, 0.2) is 0 Å². The first-order valence-electron chi connectivity index (χ1n) is 9.39. The summed E-state index contributed by atoms with van der Waals surface area (Å²) in [5.74, 6) is 0. The normalized spacial score (nSPS) is 12.6. The Labute approximate surface area is 170 Å². The van der Waals surface area contributed by atoms with Crippen LogP contribution in [0.25, 0.3) is 10.6 Å². The van der Waals surface area contributed by atoms with Crippen LogP contribution in [-0.2, 0) is 0 Å². The molecule has 0 saturated heterocycles. The van der Waals surface area contributed by atoms with Crippen molar-refractivity contribution in [2.45, 2.75) is 0 Å². The van der Waals surface area contributed by atoms with Gasteiger partial charge in [-0.1, -0.05) is 138 Å². The van der Waals surface area contributed by atoms with E-state index in [-0.39, 0.29) is 0 Å². The molecule has 4 aromatic carbocycles. The topological polar surface area (TPSA) is 0 Å². The third kappa shape index (κ3) is 4.85. The first kappa shape index (κ1) is 18.8. The van der Waals surface area contributed by atoms with Gasteiger partial charge < -0.3 is 0 Å². The molecule has 0 bridgehead atoms. The molecule has 0 spiro atoms. The zero-order chi connectivity index (χ0) is 19.0. The average Bonchev–Trinajstić information content (AvgIpc) is 2.79. The summed E-state index contributed by atoms with van der Waals surface area (Å²) in [5.41, 5.74) is 2.62. The van der Waals surface area contributed by atoms with Gasteiger partial charge in [0, 0.05) is 0 Å². The first-order valence-corrected chi connectivity index (χ1v) is 11.4. The van der Waals surface area contributed by atoms with Gasteiger partial charge >= 0.3 is 0 Å². The number of hydrogen-bond donors (Lipinski definition) is 0. The molecule has 2 atom stereocenters. The number of rotatable bonds is 6. The Bertz CT molecular complexity index is 938. The molecule has 0 heterocycles. The van der Waals surface area contributed by atoms with Crippen LogP contribution in [0.5, 0.6) is 0 Å². The molecule has 0 aromatic heterocycles. The highest BCUT2D eigenvalue weighted by Crippen LogP contribution is 2.46. The van der Waals surface area contributed by atoms with Crippen LogP contribution >= 0.6 is 17.2 Å². The van der Waals surface area contributed by atoms with Gasteiger partial charge in [-0.3, -0.25) is 0 Å². The van der Waals surface area contributed by atoms with Crippen molar-refractivity contribution < 1.29 is 0 Å². The Hall–Kier alpha value is -2.52. The minimum atomic E-state index is 0.617. The second-order valence-electron chi connectivity index (χ2n) is 6.46. The largest absolute Gasteiger partial charge is 0.0622 e. The van der Waals surface area contributed by atoms with E-state index in [2.05, 4.69) is 121 Å². The van der Waals surface area contributed by atoms with Crippen LogP contribution in [0.2, 0.25) is 0 Å². The van der Waals surface area contributed by atoms with Crippen LogP contribution in [0.3, 0.4) is 0 Å². The van der Waals surface area contributed by atoms with Gasteiger partial charge in [-0.25, -0.2) is 0 Å². The van der Waals surface area contributed by atoms with Crippen LogP contribution in [0.1, 0.15) is 11.1 Å². The molecule has 0 aliphatic carbocycles. The molecule has 2 unspecified atom stereocenters. The fourth-order valence-corrected chi connectivity index (χ4v) is 5.93. The zero-order valence-corrected chi connectivity index (χ0v) is 17.5. The van der Waals surface area contributed by atoms with Crippen LogP contribution in [0.15, 0.2) is 121 Å². The number of benzene rings is 4. The summed E-state index contributed by atoms with van der Waals surface area (Å²) in [6.45, 7) is 0. The lowest BCUT2D eigenvalue weighted by Gasteiger charge is -2.17. The Morgan fingerprint density at radius 2 is 0.643 bits per heavy atom. The smallest absolute Gasteiger partial charge is 0.00709 e. The van der Waals surface area contributed by atoms with Gasteiger partial charge in [0.05, 0.1) is 0 Å². The van der Waals surface area contributed by atoms with E-state index in [4.69, 9.17) is 0 Å². The first-order chi connectivity index (χ1) is 13.9. The van der Waals surface area contributed by atoms with E-state index in [1.54, 1.807) is 0 Å². The van der Waals surface area contributed by atoms with Crippen molar-refractivity contribution in [3.05, 3.63) is 132 Å². The van der Waals surface area contributed by atoms with E-state index >= 15 is 0 Å². The summed E-state index contributed by atoms with van der Waals surface area (Å²) in [6.07, 6.45) is 0. The predicted molar refractivity (Wildman–Crippen MR) is 128 cm³/mol. The van der Waals surface area contributed by atoms with Crippen molar-refractivity contribution in [3.63, 3.8) is 0 Å². The van der Waals surface area contributed by atoms with E-state index in [0.29, 0.717) is 17.2 Å². The molecule has 0 saturated carbocycles. The standard InChI is InChI=1S/C26H22P2/c1-5-13-21(14-6-1)25(27-23-17-9-3-10-18-23)26(22-15-7-2-8-16-22)28-24-19-11-4-12-20-24/h1-20,27-28H/b26-25+. The molecule has 4 aromatic rings. The summed E-state index contributed by atoms with van der Waals surface area (Å²) >= 11 is 0. The molecule has 0 fully saturated rings. The molecule has 0 radical (unpaired) electrons. The lowest BCUT2D eigenvalue weighted by Crippen LogP contribution is -1.97. The average molecular weight is 396 g/mol. The summed E-state index contributed by atoms with van der Waals surface area (Å²) in [6, 6.07) is 43.3. The van der Waals surface area contributed by atoms with Crippen LogP contribution in [0, 0.1) is 0 Å². The van der Waals surface area contributed by atoms with Crippen molar-refractivity contribution in [1.82, 2.24) is 0 Å². The molecule has 2 heteroatoms. The Morgan fingerprint density at radius 3 is 0.964 bits per heavy atom. The molecule has 0 nitrogen and oxygen atoms in total. The lowest BCUT2D eigenvalue weighted by molar-refractivity contribution is 1.63. The third-order valence-electron chi connectivity index (χ3n) is 4.46. The van der Waals surface area contributed by atoms with Crippen molar-refractivity contribution in [2.75, 3.05) is 0 Å². The minimum Gasteiger partial charge on any atom is -0.0622 e. The Kier molecular flexibility index (Phi) is 6.46. The van der Waals surface area contributed by atoms with Crippen LogP contribution in [0.4, 0.5) is 0 Å². The molecule has 136 valence electrons. The van der Waals surface area contributed by atoms with Gasteiger partial charge in [0.1, 0.15) is 0 Å². The summed E-state index contributed by atoms with van der Waals surface area (Å²) in [4.78, 5) is 0. The maximum atomic E-state index is 2.24. The van der Waals surface area contributed by atoms with Crippen LogP contribution in [-0.4, -0.2) is 0 Å². The van der Waals surface area contributed by atoms with E-state index in [1.165, 1.54) is 32.4 Å². The van der Waals surface area contributed by atoms with Crippen molar-refractivity contribution >= 4 is 38.4 Å². The number of hydrogen-bond acceptors (Lipinski definition) is 0. The van der Waals surface area contributed by atoms with Gasteiger partial charge in [-0.05, 0) is 32.4 Å². The fourth-order valence-electron chi connectivity index (χ4n) is 3.10. The summed E-state index contributed by atoms with van der Waals surface area (Å²) in [5, 5.41) is 5.60. The van der Waals surface area contributed by atoms with Gasteiger partial charge in [-0.2, -0.15) is 0 Å². The molecule has 4 rings (SSSR count). The molecular formula is C26H22P2. The minimum absolute atomic E-state index is 0.617. The fraction of sp³-hybridized carbons (Fsp3) is 0. The maximum absolute atomic E-state index is 2.24. The lowest BCUT2D eigenvalue weighted by atomic mass is 10.1.